The van der Waals surface area contributed by atoms with E-state index in [-0.39, 0.29) is 6.61 Å². The molecule has 0 saturated heterocycles. The molecule has 3 aromatic rings. The molecule has 7 heteroatoms. The minimum atomic E-state index is 0.167. The van der Waals surface area contributed by atoms with Gasteiger partial charge >= 0.3 is 0 Å². The molecule has 0 bridgehead atoms. The number of aromatic nitrogens is 1. The number of aliphatic hydroxyl groups is 1. The van der Waals surface area contributed by atoms with Gasteiger partial charge in [-0.05, 0) is 36.8 Å². The summed E-state index contributed by atoms with van der Waals surface area (Å²) >= 11 is 5.06. The maximum absolute atomic E-state index is 9.01. The average Bonchev–Trinajstić information content (AvgIpc) is 3.04. The molecule has 2 N–H and O–H groups in total. The SMILES string of the molecule is C=C1c2sc3nccc(NCCCO)c3c2N=CN1c1ccc(Br)cc1. The molecule has 0 saturated carbocycles. The van der Waals surface area contributed by atoms with Crippen LogP contribution in [0, 0.1) is 0 Å². The predicted octanol–water partition coefficient (Wildman–Crippen LogP) is 5.00. The minimum absolute atomic E-state index is 0.167. The summed E-state index contributed by atoms with van der Waals surface area (Å²) in [6, 6.07) is 10.0. The third-order valence-corrected chi connectivity index (χ3v) is 5.84. The molecule has 26 heavy (non-hydrogen) atoms. The fourth-order valence-corrected chi connectivity index (χ4v) is 4.24. The van der Waals surface area contributed by atoms with E-state index in [2.05, 4.69) is 32.8 Å². The molecule has 3 heterocycles. The van der Waals surface area contributed by atoms with E-state index in [9.17, 15) is 0 Å². The van der Waals surface area contributed by atoms with Gasteiger partial charge in [0.25, 0.3) is 0 Å². The van der Waals surface area contributed by atoms with E-state index >= 15 is 0 Å². The summed E-state index contributed by atoms with van der Waals surface area (Å²) < 4.78 is 1.03. The number of fused-ring (bicyclic) bond motifs is 3. The first-order chi connectivity index (χ1) is 12.7. The molecule has 4 rings (SSSR count). The van der Waals surface area contributed by atoms with Gasteiger partial charge in [-0.1, -0.05) is 22.5 Å². The Kier molecular flexibility index (Phi) is 4.76. The molecule has 0 amide bonds. The summed E-state index contributed by atoms with van der Waals surface area (Å²) in [6.07, 6.45) is 4.30. The van der Waals surface area contributed by atoms with Gasteiger partial charge in [0, 0.05) is 35.2 Å². The zero-order valence-electron chi connectivity index (χ0n) is 13.9. The Morgan fingerprint density at radius 1 is 1.23 bits per heavy atom. The normalized spacial score (nSPS) is 13.3. The predicted molar refractivity (Wildman–Crippen MR) is 114 cm³/mol. The monoisotopic (exact) mass is 428 g/mol. The largest absolute Gasteiger partial charge is 0.396 e. The van der Waals surface area contributed by atoms with Gasteiger partial charge in [-0.15, -0.1) is 11.3 Å². The highest BCUT2D eigenvalue weighted by Crippen LogP contribution is 2.46. The lowest BCUT2D eigenvalue weighted by molar-refractivity contribution is 0.292. The number of rotatable bonds is 5. The summed E-state index contributed by atoms with van der Waals surface area (Å²) in [4.78, 5) is 13.2. The Labute approximate surface area is 163 Å². The molecule has 1 aliphatic rings. The lowest BCUT2D eigenvalue weighted by Gasteiger charge is -2.25. The van der Waals surface area contributed by atoms with Crippen molar-refractivity contribution < 1.29 is 5.11 Å². The number of hydrogen-bond acceptors (Lipinski definition) is 6. The molecule has 132 valence electrons. The summed E-state index contributed by atoms with van der Waals surface area (Å²) in [5, 5.41) is 13.4. The molecule has 2 aromatic heterocycles. The second-order valence-electron chi connectivity index (χ2n) is 5.86. The number of halogens is 1. The topological polar surface area (TPSA) is 60.8 Å². The first-order valence-electron chi connectivity index (χ1n) is 8.23. The van der Waals surface area contributed by atoms with Crippen LogP contribution in [0.1, 0.15) is 11.3 Å². The minimum Gasteiger partial charge on any atom is -0.396 e. The van der Waals surface area contributed by atoms with Gasteiger partial charge in [-0.2, -0.15) is 0 Å². The molecule has 0 aliphatic carbocycles. The molecular formula is C19H17BrN4OS. The molecule has 0 spiro atoms. The molecule has 1 aliphatic heterocycles. The number of anilines is 2. The smallest absolute Gasteiger partial charge is 0.128 e. The Hall–Kier alpha value is -2.22. The lowest BCUT2D eigenvalue weighted by Crippen LogP contribution is -2.20. The van der Waals surface area contributed by atoms with E-state index < -0.39 is 0 Å². The van der Waals surface area contributed by atoms with Crippen molar-refractivity contribution in [2.45, 2.75) is 6.42 Å². The van der Waals surface area contributed by atoms with E-state index in [4.69, 9.17) is 10.1 Å². The Bertz CT molecular complexity index is 997. The molecule has 0 radical (unpaired) electrons. The van der Waals surface area contributed by atoms with Crippen LogP contribution in [0.25, 0.3) is 15.9 Å². The zero-order valence-corrected chi connectivity index (χ0v) is 16.3. The number of pyridine rings is 1. The van der Waals surface area contributed by atoms with Crippen LogP contribution in [0.5, 0.6) is 0 Å². The summed E-state index contributed by atoms with van der Waals surface area (Å²) in [5.74, 6) is 0. The molecule has 0 fully saturated rings. The first kappa shape index (κ1) is 17.2. The number of aliphatic imine (C=N–C) groups is 1. The third-order valence-electron chi connectivity index (χ3n) is 4.18. The quantitative estimate of drug-likeness (QED) is 0.561. The molecule has 0 unspecified atom stereocenters. The number of hydrogen-bond donors (Lipinski definition) is 2. The maximum Gasteiger partial charge on any atom is 0.128 e. The summed E-state index contributed by atoms with van der Waals surface area (Å²) in [7, 11) is 0. The van der Waals surface area contributed by atoms with Crippen molar-refractivity contribution in [3.63, 3.8) is 0 Å². The number of benzene rings is 1. The fourth-order valence-electron chi connectivity index (χ4n) is 2.89. The Morgan fingerprint density at radius 2 is 2.04 bits per heavy atom. The van der Waals surface area contributed by atoms with E-state index in [1.807, 2.05) is 41.6 Å². The van der Waals surface area contributed by atoms with Crippen LogP contribution in [-0.2, 0) is 0 Å². The maximum atomic E-state index is 9.01. The zero-order chi connectivity index (χ0) is 18.1. The molecule has 5 nitrogen and oxygen atoms in total. The number of nitrogens with zero attached hydrogens (tertiary/aromatic N) is 3. The van der Waals surface area contributed by atoms with Crippen LogP contribution in [0.15, 0.2) is 52.6 Å². The van der Waals surface area contributed by atoms with Gasteiger partial charge in [0.05, 0.1) is 21.6 Å². The Morgan fingerprint density at radius 3 is 2.81 bits per heavy atom. The van der Waals surface area contributed by atoms with Gasteiger partial charge in [0.2, 0.25) is 0 Å². The van der Waals surface area contributed by atoms with Crippen molar-refractivity contribution in [2.75, 3.05) is 23.4 Å². The second-order valence-corrected chi connectivity index (χ2v) is 7.77. The molecule has 0 atom stereocenters. The van der Waals surface area contributed by atoms with Gasteiger partial charge in [-0.3, -0.25) is 0 Å². The van der Waals surface area contributed by atoms with Crippen LogP contribution in [0.2, 0.25) is 0 Å². The van der Waals surface area contributed by atoms with Crippen LogP contribution in [0.4, 0.5) is 17.1 Å². The van der Waals surface area contributed by atoms with E-state index in [1.165, 1.54) is 0 Å². The van der Waals surface area contributed by atoms with Crippen LogP contribution in [-0.4, -0.2) is 29.6 Å². The van der Waals surface area contributed by atoms with Crippen molar-refractivity contribution in [2.24, 2.45) is 4.99 Å². The highest BCUT2D eigenvalue weighted by atomic mass is 79.9. The Balaban J connectivity index is 1.74. The van der Waals surface area contributed by atoms with E-state index in [0.717, 1.165) is 42.3 Å². The van der Waals surface area contributed by atoms with Gasteiger partial charge in [0.15, 0.2) is 0 Å². The fraction of sp³-hybridized carbons (Fsp3) is 0.158. The van der Waals surface area contributed by atoms with Gasteiger partial charge in [0.1, 0.15) is 11.2 Å². The highest BCUT2D eigenvalue weighted by Gasteiger charge is 2.24. The van der Waals surface area contributed by atoms with Crippen LogP contribution >= 0.6 is 27.3 Å². The van der Waals surface area contributed by atoms with Gasteiger partial charge in [-0.25, -0.2) is 9.98 Å². The molecular weight excluding hydrogens is 412 g/mol. The van der Waals surface area contributed by atoms with Gasteiger partial charge < -0.3 is 15.3 Å². The summed E-state index contributed by atoms with van der Waals surface area (Å²) in [5.41, 5.74) is 3.80. The third kappa shape index (κ3) is 3.02. The van der Waals surface area contributed by atoms with Crippen molar-refractivity contribution in [1.29, 1.82) is 0 Å². The number of nitrogens with one attached hydrogen (secondary N) is 1. The summed E-state index contributed by atoms with van der Waals surface area (Å²) in [6.45, 7) is 5.16. The van der Waals surface area contributed by atoms with Crippen molar-refractivity contribution >= 4 is 66.6 Å². The van der Waals surface area contributed by atoms with Crippen LogP contribution in [0.3, 0.4) is 0 Å². The standard InChI is InChI=1S/C19H17BrN4OS/c1-12-18-17(23-11-24(12)14-5-3-13(20)4-6-14)16-15(21-8-2-10-25)7-9-22-19(16)26-18/h3-7,9,11,25H,1-2,8,10H2,(H,21,22). The van der Waals surface area contributed by atoms with E-state index in [0.29, 0.717) is 13.0 Å². The van der Waals surface area contributed by atoms with E-state index in [1.54, 1.807) is 17.5 Å². The number of thiophene rings is 1. The average molecular weight is 429 g/mol. The highest BCUT2D eigenvalue weighted by molar-refractivity contribution is 9.10. The van der Waals surface area contributed by atoms with Crippen molar-refractivity contribution in [3.05, 3.63) is 52.5 Å². The van der Waals surface area contributed by atoms with Crippen molar-refractivity contribution in [3.8, 4) is 0 Å². The first-order valence-corrected chi connectivity index (χ1v) is 9.84. The van der Waals surface area contributed by atoms with Crippen molar-refractivity contribution in [1.82, 2.24) is 4.98 Å². The number of aliphatic hydroxyl groups excluding tert-OH is 1. The molecule has 1 aromatic carbocycles. The second kappa shape index (κ2) is 7.19. The van der Waals surface area contributed by atoms with Crippen LogP contribution < -0.4 is 10.2 Å². The lowest BCUT2D eigenvalue weighted by atomic mass is 10.1.